The SMILES string of the molecule is c1ccc(-c2ccc(N(c3ccc(-c4ccccc4)cc3)c3cc4c5c(c3)N(c3c(-c6ccccc6)cccc3-c3ccccc3)c3ccc(-c6ccc7c8cccc9cccc(c%10cccc6c%107)c98)cc3B5c3cc(-c5ccc6c7cccc8cccc(c9cccc5c96)c87)ccc3S4)cc2)cc1. The van der Waals surface area contributed by atoms with Crippen LogP contribution < -0.4 is 26.2 Å². The average molecular weight is 1330 g/mol. The van der Waals surface area contributed by atoms with Crippen LogP contribution in [0.1, 0.15) is 0 Å². The Bertz CT molecular complexity index is 6620. The lowest BCUT2D eigenvalue weighted by molar-refractivity contribution is 1.23. The molecule has 0 unspecified atom stereocenters. The number of fused-ring (bicyclic) bond motifs is 8. The van der Waals surface area contributed by atoms with Crippen molar-refractivity contribution >= 4 is 155 Å². The monoisotopic (exact) mass is 1330 g/mol. The maximum atomic E-state index is 2.67. The largest absolute Gasteiger partial charge is 0.310 e. The van der Waals surface area contributed by atoms with Crippen LogP contribution in [0.4, 0.5) is 34.1 Å². The van der Waals surface area contributed by atoms with Crippen molar-refractivity contribution in [3.05, 3.63) is 370 Å². The minimum absolute atomic E-state index is 0.196. The average Bonchev–Trinajstić information content (AvgIpc) is 0.707. The van der Waals surface area contributed by atoms with Crippen LogP contribution in [-0.4, -0.2) is 6.71 Å². The molecule has 0 saturated heterocycles. The smallest absolute Gasteiger partial charge is 0.249 e. The number of rotatable bonds is 10. The minimum atomic E-state index is -0.196. The summed E-state index contributed by atoms with van der Waals surface area (Å²) >= 11 is 1.91. The number of nitrogens with zero attached hydrogens (tertiary/aromatic N) is 2. The minimum Gasteiger partial charge on any atom is -0.310 e. The Balaban J connectivity index is 0.829. The van der Waals surface area contributed by atoms with Gasteiger partial charge in [-0.2, -0.15) is 0 Å². The first kappa shape index (κ1) is 58.8. The fraction of sp³-hybridized carbons (Fsp3) is 0. The molecule has 0 bridgehead atoms. The molecule has 20 aromatic carbocycles. The number of anilines is 6. The number of para-hydroxylation sites is 1. The lowest BCUT2D eigenvalue weighted by Crippen LogP contribution is -2.60. The molecular formula is C100H61BN2S. The molecule has 0 aromatic heterocycles. The lowest BCUT2D eigenvalue weighted by Gasteiger charge is -2.42. The van der Waals surface area contributed by atoms with Crippen LogP contribution in [-0.2, 0) is 0 Å². The van der Waals surface area contributed by atoms with Gasteiger partial charge in [-0.3, -0.25) is 0 Å². The van der Waals surface area contributed by atoms with Crippen LogP contribution >= 0.6 is 11.8 Å². The second-order valence-corrected chi connectivity index (χ2v) is 29.1. The highest BCUT2D eigenvalue weighted by molar-refractivity contribution is 8.00. The maximum absolute atomic E-state index is 2.67. The highest BCUT2D eigenvalue weighted by atomic mass is 32.2. The highest BCUT2D eigenvalue weighted by Gasteiger charge is 2.43. The van der Waals surface area contributed by atoms with E-state index in [1.165, 1.54) is 157 Å². The van der Waals surface area contributed by atoms with E-state index in [9.17, 15) is 0 Å². The molecule has 0 radical (unpaired) electrons. The van der Waals surface area contributed by atoms with Crippen molar-refractivity contribution in [1.82, 2.24) is 0 Å². The molecule has 4 heteroatoms. The summed E-state index contributed by atoms with van der Waals surface area (Å²) in [5.41, 5.74) is 24.6. The third kappa shape index (κ3) is 8.99. The van der Waals surface area contributed by atoms with E-state index in [0.717, 1.165) is 56.4 Å². The van der Waals surface area contributed by atoms with E-state index >= 15 is 0 Å². The van der Waals surface area contributed by atoms with Gasteiger partial charge in [0.05, 0.1) is 5.69 Å². The van der Waals surface area contributed by atoms with E-state index in [1.54, 1.807) is 0 Å². The third-order valence-corrected chi connectivity index (χ3v) is 23.7. The molecule has 0 atom stereocenters. The molecule has 20 aromatic rings. The number of benzene rings is 20. The summed E-state index contributed by atoms with van der Waals surface area (Å²) in [6, 6.07) is 140. The summed E-state index contributed by atoms with van der Waals surface area (Å²) in [6.07, 6.45) is 0. The first-order valence-corrected chi connectivity index (χ1v) is 36.9. The van der Waals surface area contributed by atoms with Gasteiger partial charge < -0.3 is 9.80 Å². The normalized spacial score (nSPS) is 12.5. The molecule has 0 spiro atoms. The zero-order valence-corrected chi connectivity index (χ0v) is 57.4. The molecule has 0 aliphatic carbocycles. The molecule has 2 nitrogen and oxygen atoms in total. The molecule has 2 aliphatic heterocycles. The maximum Gasteiger partial charge on any atom is 0.249 e. The van der Waals surface area contributed by atoms with Gasteiger partial charge in [-0.05, 0) is 201 Å². The van der Waals surface area contributed by atoms with Crippen LogP contribution in [0.15, 0.2) is 380 Å². The molecule has 480 valence electrons. The molecule has 0 fully saturated rings. The molecule has 0 N–H and O–H groups in total. The Morgan fingerprint density at radius 3 is 1.10 bits per heavy atom. The van der Waals surface area contributed by atoms with E-state index in [0.29, 0.717) is 0 Å². The topological polar surface area (TPSA) is 6.48 Å². The van der Waals surface area contributed by atoms with Crippen LogP contribution in [0.2, 0.25) is 0 Å². The van der Waals surface area contributed by atoms with E-state index in [2.05, 4.69) is 380 Å². The summed E-state index contributed by atoms with van der Waals surface area (Å²) in [7, 11) is 0. The predicted octanol–water partition coefficient (Wildman–Crippen LogP) is 26.0. The molecule has 22 rings (SSSR count). The Labute approximate surface area is 607 Å². The summed E-state index contributed by atoms with van der Waals surface area (Å²) in [4.78, 5) is 7.63. The summed E-state index contributed by atoms with van der Waals surface area (Å²) in [5, 5.41) is 20.7. The van der Waals surface area contributed by atoms with Crippen LogP contribution in [0.5, 0.6) is 0 Å². The van der Waals surface area contributed by atoms with Crippen molar-refractivity contribution in [2.24, 2.45) is 0 Å². The lowest BCUT2D eigenvalue weighted by atomic mass is 9.34. The zero-order chi connectivity index (χ0) is 68.1. The third-order valence-electron chi connectivity index (χ3n) is 22.6. The standard InChI is InChI=1S/C100H61BN2S/c1-5-20-62(21-6-1)64-42-48-72(49-43-64)102(73-50-44-65(45-51-73)63-22-7-2-8-23-63)74-60-92-99-94(61-74)104-93-57-47-71(76-53-55-88-84-37-16-31-69-29-14-35-82(96(69)84)86-41-19-39-80(76)98(86)88)59-90(93)101(99)89-58-70(75-52-54-87-83-36-15-30-68-28-13-34-81(95(68)83)85-40-18-38-79(75)97(85)87)46-56-91(89)103(92)100-77(66-24-9-3-10-25-66)32-17-33-78(100)67-26-11-4-12-27-67/h1-61H. The van der Waals surface area contributed by atoms with Gasteiger partial charge >= 0.3 is 0 Å². The molecule has 104 heavy (non-hydrogen) atoms. The molecule has 2 heterocycles. The van der Waals surface area contributed by atoms with E-state index in [1.807, 2.05) is 11.8 Å². The van der Waals surface area contributed by atoms with Crippen LogP contribution in [0.25, 0.3) is 153 Å². The van der Waals surface area contributed by atoms with Gasteiger partial charge in [-0.1, -0.05) is 339 Å². The van der Waals surface area contributed by atoms with Gasteiger partial charge in [-0.25, -0.2) is 0 Å². The highest BCUT2D eigenvalue weighted by Crippen LogP contribution is 2.53. The number of hydrogen-bond acceptors (Lipinski definition) is 3. The number of hydrogen-bond donors (Lipinski definition) is 0. The summed E-state index contributed by atoms with van der Waals surface area (Å²) < 4.78 is 0. The molecule has 0 saturated carbocycles. The second-order valence-electron chi connectivity index (χ2n) is 28.1. The van der Waals surface area contributed by atoms with Gasteiger partial charge in [0, 0.05) is 49.4 Å². The first-order chi connectivity index (χ1) is 51.6. The van der Waals surface area contributed by atoms with Crippen molar-refractivity contribution < 1.29 is 0 Å². The Kier molecular flexibility index (Phi) is 13.2. The fourth-order valence-electron chi connectivity index (χ4n) is 18.0. The Morgan fingerprint density at radius 2 is 0.615 bits per heavy atom. The van der Waals surface area contributed by atoms with Crippen LogP contribution in [0, 0.1) is 0 Å². The summed E-state index contributed by atoms with van der Waals surface area (Å²) in [5.74, 6) is 0. The van der Waals surface area contributed by atoms with Gasteiger partial charge in [0.15, 0.2) is 0 Å². The fourth-order valence-corrected chi connectivity index (χ4v) is 19.2. The van der Waals surface area contributed by atoms with E-state index in [4.69, 9.17) is 0 Å². The van der Waals surface area contributed by atoms with E-state index < -0.39 is 0 Å². The van der Waals surface area contributed by atoms with Crippen molar-refractivity contribution in [2.45, 2.75) is 9.79 Å². The Morgan fingerprint density at radius 1 is 0.231 bits per heavy atom. The van der Waals surface area contributed by atoms with Crippen LogP contribution in [0.3, 0.4) is 0 Å². The quantitative estimate of drug-likeness (QED) is 0.0765. The molecule has 2 aliphatic rings. The predicted molar refractivity (Wildman–Crippen MR) is 446 cm³/mol. The van der Waals surface area contributed by atoms with Gasteiger partial charge in [0.25, 0.3) is 0 Å². The van der Waals surface area contributed by atoms with E-state index in [-0.39, 0.29) is 6.71 Å². The van der Waals surface area contributed by atoms with Gasteiger partial charge in [0.1, 0.15) is 0 Å². The van der Waals surface area contributed by atoms with Crippen molar-refractivity contribution in [3.8, 4) is 66.8 Å². The van der Waals surface area contributed by atoms with Crippen molar-refractivity contribution in [2.75, 3.05) is 9.80 Å². The van der Waals surface area contributed by atoms with Crippen molar-refractivity contribution in [3.63, 3.8) is 0 Å². The molecule has 0 amide bonds. The van der Waals surface area contributed by atoms with Crippen molar-refractivity contribution in [1.29, 1.82) is 0 Å². The first-order valence-electron chi connectivity index (χ1n) is 36.1. The molecular weight excluding hydrogens is 1270 g/mol. The summed E-state index contributed by atoms with van der Waals surface area (Å²) in [6.45, 7) is -0.196. The van der Waals surface area contributed by atoms with Gasteiger partial charge in [-0.15, -0.1) is 0 Å². The zero-order valence-electron chi connectivity index (χ0n) is 56.6. The Hall–Kier alpha value is -13.0. The second kappa shape index (κ2) is 23.3. The van der Waals surface area contributed by atoms with Gasteiger partial charge in [0.2, 0.25) is 6.71 Å².